The molecular weight excluding hydrogens is 372 g/mol. The molecule has 0 atom stereocenters. The van der Waals surface area contributed by atoms with Crippen LogP contribution < -0.4 is 10.1 Å². The van der Waals surface area contributed by atoms with Gasteiger partial charge in [-0.1, -0.05) is 45.5 Å². The van der Waals surface area contributed by atoms with E-state index in [-0.39, 0.29) is 5.56 Å². The van der Waals surface area contributed by atoms with Crippen LogP contribution in [0.4, 0.5) is 0 Å². The number of halogens is 1. The predicted molar refractivity (Wildman–Crippen MR) is 99.2 cm³/mol. The zero-order valence-corrected chi connectivity index (χ0v) is 15.0. The fraction of sp³-hybridized carbons (Fsp3) is 0.111. The predicted octanol–water partition coefficient (Wildman–Crippen LogP) is 3.84. The Bertz CT molecular complexity index is 1160. The molecule has 5 heteroatoms. The number of benzene rings is 2. The number of hydrogen-bond acceptors (Lipinski definition) is 3. The molecule has 0 saturated carbocycles. The van der Waals surface area contributed by atoms with Crippen molar-refractivity contribution in [3.8, 4) is 0 Å². The highest BCUT2D eigenvalue weighted by Gasteiger charge is 2.13. The zero-order chi connectivity index (χ0) is 16.1. The second-order valence-electron chi connectivity index (χ2n) is 5.65. The van der Waals surface area contributed by atoms with Gasteiger partial charge in [-0.15, -0.1) is 0 Å². The number of hydrogen-bond donors (Lipinski definition) is 0. The molecule has 0 radical (unpaired) electrons. The average molecular weight is 385 g/mol. The Kier molecular flexibility index (Phi) is 3.36. The van der Waals surface area contributed by atoms with Gasteiger partial charge in [-0.25, -0.2) is 9.38 Å². The molecule has 114 valence electrons. The van der Waals surface area contributed by atoms with Crippen LogP contribution in [0.3, 0.4) is 0 Å². The molecule has 2 heterocycles. The van der Waals surface area contributed by atoms with Crippen molar-refractivity contribution in [3.63, 3.8) is 0 Å². The molecular formula is C18H13BrN2OS. The molecule has 4 aromatic rings. The average Bonchev–Trinajstić information content (AvgIpc) is 3.00. The first kappa shape index (κ1) is 14.6. The number of thiazole rings is 1. The largest absolute Gasteiger partial charge is 0.274 e. The molecule has 3 nitrogen and oxygen atoms in total. The molecule has 0 amide bonds. The van der Waals surface area contributed by atoms with Gasteiger partial charge in [0.15, 0.2) is 4.96 Å². The van der Waals surface area contributed by atoms with Crippen LogP contribution in [0.5, 0.6) is 0 Å². The topological polar surface area (TPSA) is 34.4 Å². The van der Waals surface area contributed by atoms with E-state index >= 15 is 0 Å². The highest BCUT2D eigenvalue weighted by molar-refractivity contribution is 9.10. The Labute approximate surface area is 145 Å². The summed E-state index contributed by atoms with van der Waals surface area (Å²) in [6.45, 7) is 4.07. The van der Waals surface area contributed by atoms with Crippen LogP contribution in [0.15, 0.2) is 45.7 Å². The first-order valence-electron chi connectivity index (χ1n) is 7.22. The Morgan fingerprint density at radius 1 is 1.17 bits per heavy atom. The maximum Gasteiger partial charge on any atom is 0.274 e. The van der Waals surface area contributed by atoms with E-state index in [9.17, 15) is 4.79 Å². The molecule has 0 bridgehead atoms. The number of imidazole rings is 1. The minimum Gasteiger partial charge on any atom is -0.267 e. The van der Waals surface area contributed by atoms with Gasteiger partial charge in [-0.3, -0.25) is 4.79 Å². The van der Waals surface area contributed by atoms with Crippen LogP contribution in [0.2, 0.25) is 0 Å². The van der Waals surface area contributed by atoms with Crippen molar-refractivity contribution in [1.82, 2.24) is 9.38 Å². The summed E-state index contributed by atoms with van der Waals surface area (Å²) in [6.07, 6.45) is 1.92. The van der Waals surface area contributed by atoms with Gasteiger partial charge < -0.3 is 0 Å². The number of aryl methyl sites for hydroxylation is 2. The molecule has 0 spiro atoms. The summed E-state index contributed by atoms with van der Waals surface area (Å²) >= 11 is 4.86. The lowest BCUT2D eigenvalue weighted by molar-refractivity contribution is 1.18. The van der Waals surface area contributed by atoms with Crippen LogP contribution in [0.1, 0.15) is 16.7 Å². The molecule has 0 N–H and O–H groups in total. The number of nitrogens with zero attached hydrogens (tertiary/aromatic N) is 2. The number of aromatic nitrogens is 2. The quantitative estimate of drug-likeness (QED) is 0.499. The van der Waals surface area contributed by atoms with Crippen LogP contribution in [0, 0.1) is 13.8 Å². The smallest absolute Gasteiger partial charge is 0.267 e. The summed E-state index contributed by atoms with van der Waals surface area (Å²) in [5, 5.41) is 0. The Balaban J connectivity index is 2.02. The molecule has 0 fully saturated rings. The van der Waals surface area contributed by atoms with Crippen molar-refractivity contribution in [1.29, 1.82) is 0 Å². The second kappa shape index (κ2) is 5.28. The third-order valence-corrected chi connectivity index (χ3v) is 5.34. The molecule has 2 aromatic heterocycles. The summed E-state index contributed by atoms with van der Waals surface area (Å²) < 4.78 is 3.45. The SMILES string of the molecule is Cc1cc(C)c2nc3sc(=Cc4ccc(Br)cc4)c(=O)n3c2c1. The van der Waals surface area contributed by atoms with E-state index in [0.29, 0.717) is 4.53 Å². The lowest BCUT2D eigenvalue weighted by atomic mass is 10.1. The van der Waals surface area contributed by atoms with Gasteiger partial charge in [0.2, 0.25) is 0 Å². The van der Waals surface area contributed by atoms with Gasteiger partial charge in [-0.05, 0) is 54.8 Å². The van der Waals surface area contributed by atoms with E-state index in [1.807, 2.05) is 50.3 Å². The van der Waals surface area contributed by atoms with Gasteiger partial charge in [0, 0.05) is 4.47 Å². The minimum atomic E-state index is 0.000388. The Morgan fingerprint density at radius 2 is 1.91 bits per heavy atom. The van der Waals surface area contributed by atoms with Crippen LogP contribution in [0.25, 0.3) is 22.1 Å². The minimum absolute atomic E-state index is 0.000388. The standard InChI is InChI=1S/C18H13BrN2OS/c1-10-7-11(2)16-14(8-10)21-17(22)15(23-18(21)20-16)9-12-3-5-13(19)6-4-12/h3-9H,1-2H3. The molecule has 0 unspecified atom stereocenters. The number of fused-ring (bicyclic) bond motifs is 3. The van der Waals surface area contributed by atoms with Gasteiger partial charge in [0.25, 0.3) is 5.56 Å². The summed E-state index contributed by atoms with van der Waals surface area (Å²) in [7, 11) is 0. The van der Waals surface area contributed by atoms with Crippen molar-refractivity contribution < 1.29 is 0 Å². The molecule has 0 aliphatic rings. The van der Waals surface area contributed by atoms with Gasteiger partial charge in [-0.2, -0.15) is 0 Å². The fourth-order valence-corrected chi connectivity index (χ4v) is 4.06. The summed E-state index contributed by atoms with van der Waals surface area (Å²) in [6, 6.07) is 12.0. The van der Waals surface area contributed by atoms with Crippen molar-refractivity contribution in [2.24, 2.45) is 0 Å². The molecule has 0 saturated heterocycles. The van der Waals surface area contributed by atoms with Gasteiger partial charge >= 0.3 is 0 Å². The van der Waals surface area contributed by atoms with E-state index in [4.69, 9.17) is 0 Å². The van der Waals surface area contributed by atoms with Crippen molar-refractivity contribution >= 4 is 49.3 Å². The van der Waals surface area contributed by atoms with Crippen molar-refractivity contribution in [2.45, 2.75) is 13.8 Å². The number of rotatable bonds is 1. The molecule has 0 aliphatic heterocycles. The maximum atomic E-state index is 12.8. The molecule has 0 aliphatic carbocycles. The first-order valence-corrected chi connectivity index (χ1v) is 8.83. The lowest BCUT2D eigenvalue weighted by Crippen LogP contribution is -2.22. The Morgan fingerprint density at radius 3 is 2.65 bits per heavy atom. The Hall–Kier alpha value is -1.98. The molecule has 2 aromatic carbocycles. The normalized spacial score (nSPS) is 12.6. The van der Waals surface area contributed by atoms with Crippen molar-refractivity contribution in [2.75, 3.05) is 0 Å². The van der Waals surface area contributed by atoms with E-state index in [2.05, 4.69) is 27.0 Å². The van der Waals surface area contributed by atoms with Crippen molar-refractivity contribution in [3.05, 3.63) is 72.4 Å². The van der Waals surface area contributed by atoms with Gasteiger partial charge in [0.05, 0.1) is 15.6 Å². The third kappa shape index (κ3) is 2.40. The highest BCUT2D eigenvalue weighted by atomic mass is 79.9. The summed E-state index contributed by atoms with van der Waals surface area (Å²) in [5.74, 6) is 0. The summed E-state index contributed by atoms with van der Waals surface area (Å²) in [4.78, 5) is 18.2. The lowest BCUT2D eigenvalue weighted by Gasteiger charge is -1.97. The molecule has 4 rings (SSSR count). The van der Waals surface area contributed by atoms with E-state index in [1.165, 1.54) is 11.3 Å². The molecule has 23 heavy (non-hydrogen) atoms. The van der Waals surface area contributed by atoms with E-state index in [0.717, 1.165) is 37.2 Å². The van der Waals surface area contributed by atoms with Crippen LogP contribution in [-0.2, 0) is 0 Å². The van der Waals surface area contributed by atoms with Gasteiger partial charge in [0.1, 0.15) is 0 Å². The zero-order valence-electron chi connectivity index (χ0n) is 12.6. The first-order chi connectivity index (χ1) is 11.0. The van der Waals surface area contributed by atoms with E-state index < -0.39 is 0 Å². The fourth-order valence-electron chi connectivity index (χ4n) is 2.82. The maximum absolute atomic E-state index is 12.8. The highest BCUT2D eigenvalue weighted by Crippen LogP contribution is 2.21. The monoisotopic (exact) mass is 384 g/mol. The summed E-state index contributed by atoms with van der Waals surface area (Å²) in [5.41, 5.74) is 5.06. The van der Waals surface area contributed by atoms with Crippen LogP contribution in [-0.4, -0.2) is 9.38 Å². The van der Waals surface area contributed by atoms with Crippen LogP contribution >= 0.6 is 27.3 Å². The third-order valence-electron chi connectivity index (χ3n) is 3.85. The van der Waals surface area contributed by atoms with E-state index in [1.54, 1.807) is 4.40 Å². The second-order valence-corrected chi connectivity index (χ2v) is 7.57.